The molecule has 2 rings (SSSR count). The Kier molecular flexibility index (Phi) is 4.75. The number of allylic oxidation sites excluding steroid dienone is 1. The van der Waals surface area contributed by atoms with Gasteiger partial charge in [-0.15, -0.1) is 0 Å². The van der Waals surface area contributed by atoms with E-state index >= 15 is 0 Å². The molecule has 120 valence electrons. The molecule has 0 aliphatic carbocycles. The summed E-state index contributed by atoms with van der Waals surface area (Å²) in [4.78, 5) is 0.288. The third-order valence-electron chi connectivity index (χ3n) is 3.76. The maximum absolute atomic E-state index is 12.9. The number of benzene rings is 1. The Hall–Kier alpha value is -1.62. The van der Waals surface area contributed by atoms with E-state index in [9.17, 15) is 8.42 Å². The van der Waals surface area contributed by atoms with Gasteiger partial charge in [-0.1, -0.05) is 37.1 Å². The first-order chi connectivity index (χ1) is 10.2. The predicted molar refractivity (Wildman–Crippen MR) is 90.3 cm³/mol. The van der Waals surface area contributed by atoms with E-state index in [0.29, 0.717) is 6.42 Å². The molecular weight excluding hydrogens is 296 g/mol. The molecule has 22 heavy (non-hydrogen) atoms. The van der Waals surface area contributed by atoms with Gasteiger partial charge < -0.3 is 0 Å². The van der Waals surface area contributed by atoms with Crippen molar-refractivity contribution in [3.8, 4) is 0 Å². The molecule has 0 N–H and O–H groups in total. The van der Waals surface area contributed by atoms with Crippen LogP contribution in [0.2, 0.25) is 0 Å². The molecule has 0 fully saturated rings. The van der Waals surface area contributed by atoms with Crippen molar-refractivity contribution in [1.29, 1.82) is 0 Å². The van der Waals surface area contributed by atoms with Crippen LogP contribution in [0.5, 0.6) is 0 Å². The molecular formula is C17H24N2O2S. The maximum atomic E-state index is 12.9. The SMILES string of the molecule is CC1=CC(C(C)C)=NN(S(=O)(=O)c2ccc(C)cc2)C(C)C1. The summed E-state index contributed by atoms with van der Waals surface area (Å²) in [5.74, 6) is 0.177. The van der Waals surface area contributed by atoms with Gasteiger partial charge in [0.15, 0.2) is 0 Å². The molecule has 0 saturated heterocycles. The largest absolute Gasteiger partial charge is 0.279 e. The third-order valence-corrected chi connectivity index (χ3v) is 5.56. The van der Waals surface area contributed by atoms with Gasteiger partial charge in [0, 0.05) is 0 Å². The molecule has 1 aromatic carbocycles. The van der Waals surface area contributed by atoms with E-state index in [4.69, 9.17) is 0 Å². The van der Waals surface area contributed by atoms with Gasteiger partial charge in [0.1, 0.15) is 0 Å². The van der Waals surface area contributed by atoms with E-state index in [2.05, 4.69) is 5.10 Å². The number of aryl methyl sites for hydroxylation is 1. The maximum Gasteiger partial charge on any atom is 0.279 e. The van der Waals surface area contributed by atoms with Gasteiger partial charge in [0.25, 0.3) is 10.0 Å². The van der Waals surface area contributed by atoms with Crippen molar-refractivity contribution < 1.29 is 8.42 Å². The van der Waals surface area contributed by atoms with Crippen molar-refractivity contribution in [2.45, 2.75) is 52.0 Å². The first-order valence-corrected chi connectivity index (χ1v) is 9.02. The zero-order valence-corrected chi connectivity index (χ0v) is 14.7. The smallest absolute Gasteiger partial charge is 0.200 e. The van der Waals surface area contributed by atoms with Crippen LogP contribution in [0.4, 0.5) is 0 Å². The Bertz CT molecular complexity index is 701. The van der Waals surface area contributed by atoms with Crippen molar-refractivity contribution in [2.75, 3.05) is 0 Å². The highest BCUT2D eigenvalue weighted by molar-refractivity contribution is 7.89. The Labute approximate surface area is 133 Å². The van der Waals surface area contributed by atoms with Crippen LogP contribution in [-0.2, 0) is 10.0 Å². The molecule has 0 aromatic heterocycles. The molecule has 4 nitrogen and oxygen atoms in total. The lowest BCUT2D eigenvalue weighted by Crippen LogP contribution is -2.34. The summed E-state index contributed by atoms with van der Waals surface area (Å²) in [7, 11) is -3.63. The zero-order valence-electron chi connectivity index (χ0n) is 13.9. The minimum Gasteiger partial charge on any atom is -0.200 e. The van der Waals surface area contributed by atoms with Crippen molar-refractivity contribution in [3.63, 3.8) is 0 Å². The lowest BCUT2D eigenvalue weighted by molar-refractivity contribution is 0.350. The van der Waals surface area contributed by atoms with E-state index < -0.39 is 10.0 Å². The second-order valence-corrected chi connectivity index (χ2v) is 8.11. The quantitative estimate of drug-likeness (QED) is 0.852. The second kappa shape index (κ2) is 6.24. The third kappa shape index (κ3) is 3.40. The van der Waals surface area contributed by atoms with Gasteiger partial charge in [-0.25, -0.2) is 0 Å². The minimum absolute atomic E-state index is 0.177. The number of sulfonamides is 1. The van der Waals surface area contributed by atoms with Crippen LogP contribution < -0.4 is 0 Å². The molecule has 0 spiro atoms. The zero-order chi connectivity index (χ0) is 16.5. The average Bonchev–Trinajstić information content (AvgIpc) is 2.57. The van der Waals surface area contributed by atoms with Crippen LogP contribution in [0.1, 0.15) is 39.7 Å². The lowest BCUT2D eigenvalue weighted by atomic mass is 10.0. The van der Waals surface area contributed by atoms with Gasteiger partial charge in [-0.2, -0.15) is 17.9 Å². The van der Waals surface area contributed by atoms with Crippen LogP contribution in [-0.4, -0.2) is 24.6 Å². The van der Waals surface area contributed by atoms with Gasteiger partial charge >= 0.3 is 0 Å². The van der Waals surface area contributed by atoms with E-state index in [0.717, 1.165) is 16.8 Å². The standard InChI is InChI=1S/C17H24N2O2S/c1-12(2)17-11-14(4)10-15(5)19(18-17)22(20,21)16-8-6-13(3)7-9-16/h6-9,11-12,15H,10H2,1-5H3. The van der Waals surface area contributed by atoms with Crippen LogP contribution in [0, 0.1) is 12.8 Å². The van der Waals surface area contributed by atoms with Crippen molar-refractivity contribution in [1.82, 2.24) is 4.41 Å². The molecule has 0 saturated carbocycles. The van der Waals surface area contributed by atoms with E-state index in [1.54, 1.807) is 12.1 Å². The highest BCUT2D eigenvalue weighted by atomic mass is 32.2. The van der Waals surface area contributed by atoms with Crippen molar-refractivity contribution in [2.24, 2.45) is 11.0 Å². The number of hydrazone groups is 1. The first kappa shape index (κ1) is 16.7. The molecule has 0 amide bonds. The van der Waals surface area contributed by atoms with E-state index in [-0.39, 0.29) is 16.9 Å². The second-order valence-electron chi connectivity index (χ2n) is 6.31. The number of nitrogens with zero attached hydrogens (tertiary/aromatic N) is 2. The van der Waals surface area contributed by atoms with Gasteiger partial charge in [-0.3, -0.25) is 0 Å². The van der Waals surface area contributed by atoms with Gasteiger partial charge in [-0.05, 0) is 51.3 Å². The number of rotatable bonds is 3. The monoisotopic (exact) mass is 320 g/mol. The molecule has 0 radical (unpaired) electrons. The Balaban J connectivity index is 2.49. The van der Waals surface area contributed by atoms with Gasteiger partial charge in [0.2, 0.25) is 0 Å². The van der Waals surface area contributed by atoms with Crippen molar-refractivity contribution in [3.05, 3.63) is 41.5 Å². The summed E-state index contributed by atoms with van der Waals surface area (Å²) in [6.45, 7) is 9.91. The molecule has 1 atom stereocenters. The molecule has 5 heteroatoms. The summed E-state index contributed by atoms with van der Waals surface area (Å²) in [6.07, 6.45) is 2.69. The molecule has 1 aliphatic rings. The summed E-state index contributed by atoms with van der Waals surface area (Å²) in [5, 5.41) is 4.46. The average molecular weight is 320 g/mol. The van der Waals surface area contributed by atoms with Crippen LogP contribution in [0.15, 0.2) is 45.9 Å². The number of hydrogen-bond acceptors (Lipinski definition) is 3. The Morgan fingerprint density at radius 1 is 1.18 bits per heavy atom. The van der Waals surface area contributed by atoms with Crippen LogP contribution in [0.25, 0.3) is 0 Å². The normalized spacial score (nSPS) is 19.7. The van der Waals surface area contributed by atoms with Crippen LogP contribution in [0.3, 0.4) is 0 Å². The van der Waals surface area contributed by atoms with E-state index in [1.165, 1.54) is 4.41 Å². The molecule has 0 bridgehead atoms. The lowest BCUT2D eigenvalue weighted by Gasteiger charge is -2.25. The fourth-order valence-corrected chi connectivity index (χ4v) is 3.93. The molecule has 1 aromatic rings. The summed E-state index contributed by atoms with van der Waals surface area (Å²) in [5.41, 5.74) is 2.99. The predicted octanol–water partition coefficient (Wildman–Crippen LogP) is 3.74. The summed E-state index contributed by atoms with van der Waals surface area (Å²) >= 11 is 0. The fraction of sp³-hybridized carbons (Fsp3) is 0.471. The molecule has 1 unspecified atom stereocenters. The highest BCUT2D eigenvalue weighted by Crippen LogP contribution is 2.25. The van der Waals surface area contributed by atoms with E-state index in [1.807, 2.05) is 52.8 Å². The molecule has 1 aliphatic heterocycles. The summed E-state index contributed by atoms with van der Waals surface area (Å²) < 4.78 is 27.1. The summed E-state index contributed by atoms with van der Waals surface area (Å²) in [6, 6.07) is 6.72. The molecule has 1 heterocycles. The fourth-order valence-electron chi connectivity index (χ4n) is 2.49. The Morgan fingerprint density at radius 2 is 1.77 bits per heavy atom. The van der Waals surface area contributed by atoms with Crippen LogP contribution >= 0.6 is 0 Å². The highest BCUT2D eigenvalue weighted by Gasteiger charge is 2.30. The number of hydrogen-bond donors (Lipinski definition) is 0. The first-order valence-electron chi connectivity index (χ1n) is 7.58. The van der Waals surface area contributed by atoms with Gasteiger partial charge in [0.05, 0.1) is 16.6 Å². The van der Waals surface area contributed by atoms with Crippen molar-refractivity contribution >= 4 is 15.7 Å². The topological polar surface area (TPSA) is 49.7 Å². The minimum atomic E-state index is -3.63. The Morgan fingerprint density at radius 3 is 2.32 bits per heavy atom.